The Labute approximate surface area is 774 Å². The van der Waals surface area contributed by atoms with Crippen LogP contribution >= 0.6 is 0 Å². The zero-order valence-electron chi connectivity index (χ0n) is 78.1. The Morgan fingerprint density at radius 2 is 0.538 bits per heavy atom. The maximum absolute atomic E-state index is 12.3. The summed E-state index contributed by atoms with van der Waals surface area (Å²) < 4.78 is 41.8. The minimum Gasteiger partial charge on any atom is -0.490 e. The van der Waals surface area contributed by atoms with Gasteiger partial charge in [0, 0.05) is 134 Å². The summed E-state index contributed by atoms with van der Waals surface area (Å²) in [6.45, 7) is 16.9. The molecule has 0 saturated heterocycles. The van der Waals surface area contributed by atoms with Crippen molar-refractivity contribution in [2.45, 2.75) is 273 Å². The van der Waals surface area contributed by atoms with E-state index in [2.05, 4.69) is 152 Å². The summed E-state index contributed by atoms with van der Waals surface area (Å²) in [5.74, 6) is 11.7. The quantitative estimate of drug-likeness (QED) is 0.0119. The van der Waals surface area contributed by atoms with Crippen LogP contribution in [0.4, 0.5) is 11.4 Å². The van der Waals surface area contributed by atoms with Crippen molar-refractivity contribution < 1.29 is 38.3 Å². The van der Waals surface area contributed by atoms with Crippen molar-refractivity contribution in [1.82, 2.24) is 49.8 Å². The molecule has 0 spiro atoms. The van der Waals surface area contributed by atoms with Crippen LogP contribution in [0.25, 0.3) is 156 Å². The number of aromatic amines is 4. The Morgan fingerprint density at radius 3 is 0.924 bits per heavy atom. The van der Waals surface area contributed by atoms with E-state index in [0.29, 0.717) is 129 Å². The van der Waals surface area contributed by atoms with Gasteiger partial charge < -0.3 is 48.4 Å². The van der Waals surface area contributed by atoms with Crippen molar-refractivity contribution in [2.75, 3.05) is 39.6 Å². The molecule has 22 heteroatoms. The molecular formula is C110H128N12O10. The van der Waals surface area contributed by atoms with E-state index in [9.17, 15) is 20.2 Å². The van der Waals surface area contributed by atoms with Gasteiger partial charge in [-0.2, -0.15) is 0 Å². The first-order valence-electron chi connectivity index (χ1n) is 49.5. The van der Waals surface area contributed by atoms with Gasteiger partial charge in [-0.3, -0.25) is 20.2 Å². The standard InChI is InChI=1S/C110H128N12O10/c1-7-13-19-25-31-37-53-127-99-63-82-83(64-100(99)128-54-38-32-26-20-14-8-2)95-71-97-86-67-103(131-57-41-35-29-23-17-11-5)104(132-58-42-36-30-24-18-12-6)68-87(86)98(114-97)72-96-85-66-102(130-56-40-34-28-22-16-10-4)101(129-55-39-33-27-21-15-9-3)65-84(85)94(113-96)70-92-81-59-73(45-49-77(81)91(111-92)69-93(82)112-95)43-44-74-46-50-78-88(60-74)108-116-105(78)117-109-89-61-75(121(123)124)47-51-79(89)106(118-109)115-107-80-52-48-76(122(125)126)62-90(80)110(119-107)120-108/h45-52,59-72,111,114H,7-42,53-58H2,1-6H3,(H2,115,116,117,118,119,120). The second kappa shape index (κ2) is 45.5. The molecule has 0 aliphatic carbocycles. The lowest BCUT2D eigenvalue weighted by atomic mass is 10.0. The molecule has 22 nitrogen and oxygen atoms in total. The summed E-state index contributed by atoms with van der Waals surface area (Å²) in [4.78, 5) is 70.1. The van der Waals surface area contributed by atoms with Crippen LogP contribution in [-0.4, -0.2) is 99.3 Å². The third kappa shape index (κ3) is 22.4. The highest BCUT2D eigenvalue weighted by Gasteiger charge is 2.29. The molecule has 3 aliphatic rings. The molecule has 132 heavy (non-hydrogen) atoms. The average molecular weight is 1780 g/mol. The van der Waals surface area contributed by atoms with E-state index >= 15 is 0 Å². The Hall–Kier alpha value is -12.6. The van der Waals surface area contributed by atoms with Crippen molar-refractivity contribution >= 4 is 99.1 Å². The van der Waals surface area contributed by atoms with Crippen molar-refractivity contribution in [1.29, 1.82) is 0 Å². The molecule has 0 saturated carbocycles. The fraction of sp³-hybridized carbons (Fsp3) is 0.436. The van der Waals surface area contributed by atoms with Gasteiger partial charge >= 0.3 is 0 Å². The van der Waals surface area contributed by atoms with E-state index in [0.717, 1.165) is 196 Å². The number of non-ortho nitro benzene ring substituents is 2. The van der Waals surface area contributed by atoms with E-state index in [4.69, 9.17) is 58.3 Å². The molecule has 14 bridgehead atoms. The van der Waals surface area contributed by atoms with Gasteiger partial charge in [-0.05, 0) is 142 Å². The van der Waals surface area contributed by atoms with Crippen molar-refractivity contribution in [3.63, 3.8) is 0 Å². The zero-order chi connectivity index (χ0) is 91.1. The lowest BCUT2D eigenvalue weighted by Gasteiger charge is -2.15. The fourth-order valence-electron chi connectivity index (χ4n) is 18.4. The molecule has 0 atom stereocenters. The highest BCUT2D eigenvalue weighted by molar-refractivity contribution is 6.13. The smallest absolute Gasteiger partial charge is 0.270 e. The number of rotatable bonds is 50. The van der Waals surface area contributed by atoms with E-state index in [1.165, 1.54) is 159 Å². The van der Waals surface area contributed by atoms with E-state index in [1.807, 2.05) is 18.2 Å². The monoisotopic (exact) mass is 1780 g/mol. The second-order valence-electron chi connectivity index (χ2n) is 36.0. The van der Waals surface area contributed by atoms with Crippen molar-refractivity contribution in [2.24, 2.45) is 0 Å². The number of unbranched alkanes of at least 4 members (excludes halogenated alkanes) is 30. The van der Waals surface area contributed by atoms with Crippen LogP contribution in [0.15, 0.2) is 133 Å². The van der Waals surface area contributed by atoms with Gasteiger partial charge in [-0.15, -0.1) is 0 Å². The Balaban J connectivity index is 0.898. The van der Waals surface area contributed by atoms with Crippen LogP contribution in [0.2, 0.25) is 0 Å². The van der Waals surface area contributed by atoms with Crippen LogP contribution in [0.1, 0.15) is 284 Å². The molecule has 9 heterocycles. The van der Waals surface area contributed by atoms with Crippen LogP contribution in [0.5, 0.6) is 34.5 Å². The summed E-state index contributed by atoms with van der Waals surface area (Å²) in [6, 6.07) is 42.9. The number of fused-ring (bicyclic) bond motifs is 35. The normalized spacial score (nSPS) is 11.8. The molecule has 688 valence electrons. The van der Waals surface area contributed by atoms with Gasteiger partial charge in [0.25, 0.3) is 11.4 Å². The SMILES string of the molecule is CCCCCCCCOc1cc2c(cc1OCCCCCCCC)-c1cc3[nH]c(cc4nc(cc5[nH]c(cc-2n1)c1ccc(C#Cc2ccc6c7nc8[nH]c(nc9nc(nc([nH]7)c6c2)-c2cc([N+](=O)[O-])ccc2-9)c2ccc([N+](=O)[O-])cc82)cc51)-c1cc(OCCCCCCCC)c(OCCCCCCCC)cc1-4)c1cc(OCCCCCCCC)c(OCCCCCCCC)cc31. The molecule has 7 aromatic carbocycles. The van der Waals surface area contributed by atoms with E-state index in [1.54, 1.807) is 12.1 Å². The number of nitrogens with zero attached hydrogens (tertiary/aromatic N) is 8. The highest BCUT2D eigenvalue weighted by atomic mass is 16.6. The van der Waals surface area contributed by atoms with Crippen LogP contribution in [-0.2, 0) is 0 Å². The molecular weight excluding hydrogens is 1650 g/mol. The van der Waals surface area contributed by atoms with Gasteiger partial charge in [0.2, 0.25) is 0 Å². The number of aromatic nitrogens is 10. The predicted molar refractivity (Wildman–Crippen MR) is 536 cm³/mol. The summed E-state index contributed by atoms with van der Waals surface area (Å²) in [6.07, 6.45) is 40.8. The fourth-order valence-corrected chi connectivity index (χ4v) is 18.4. The minimum atomic E-state index is -0.453. The molecule has 0 fully saturated rings. The Kier molecular flexibility index (Phi) is 31.9. The molecule has 3 aliphatic heterocycles. The largest absolute Gasteiger partial charge is 0.490 e. The van der Waals surface area contributed by atoms with Crippen molar-refractivity contribution in [3.05, 3.63) is 165 Å². The summed E-state index contributed by atoms with van der Waals surface area (Å²) in [5, 5.41) is 30.7. The summed E-state index contributed by atoms with van der Waals surface area (Å²) in [7, 11) is 0. The van der Waals surface area contributed by atoms with Crippen LogP contribution < -0.4 is 28.4 Å². The Morgan fingerprint density at radius 1 is 0.250 bits per heavy atom. The lowest BCUT2D eigenvalue weighted by molar-refractivity contribution is -0.384. The summed E-state index contributed by atoms with van der Waals surface area (Å²) in [5.41, 5.74) is 13.4. The number of nitro groups is 2. The van der Waals surface area contributed by atoms with Crippen LogP contribution in [0.3, 0.4) is 0 Å². The number of nitro benzene ring substituents is 2. The second-order valence-corrected chi connectivity index (χ2v) is 36.0. The van der Waals surface area contributed by atoms with E-state index < -0.39 is 9.85 Å². The Bertz CT molecular complexity index is 6610. The van der Waals surface area contributed by atoms with Gasteiger partial charge in [0.1, 0.15) is 22.6 Å². The predicted octanol–water partition coefficient (Wildman–Crippen LogP) is 30.6. The topological polar surface area (TPSA) is 282 Å². The summed E-state index contributed by atoms with van der Waals surface area (Å²) >= 11 is 0. The number of ether oxygens (including phenoxy) is 6. The third-order valence-corrected chi connectivity index (χ3v) is 25.9. The average Bonchev–Trinajstić information content (AvgIpc) is 1.59. The van der Waals surface area contributed by atoms with Crippen LogP contribution in [0, 0.1) is 32.1 Å². The number of H-pyrrole nitrogens is 4. The van der Waals surface area contributed by atoms with Gasteiger partial charge in [0.05, 0.1) is 72.3 Å². The first-order valence-corrected chi connectivity index (χ1v) is 49.5. The first-order chi connectivity index (χ1) is 64.8. The molecule has 6 aromatic heterocycles. The molecule has 0 amide bonds. The minimum absolute atomic E-state index is 0.122. The molecule has 0 radical (unpaired) electrons. The number of benzene rings is 7. The zero-order valence-corrected chi connectivity index (χ0v) is 78.1. The number of hydrogen-bond acceptors (Lipinski definition) is 16. The molecule has 4 N–H and O–H groups in total. The molecule has 0 unspecified atom stereocenters. The number of hydrogen-bond donors (Lipinski definition) is 4. The third-order valence-electron chi connectivity index (χ3n) is 25.9. The van der Waals surface area contributed by atoms with Gasteiger partial charge in [0.15, 0.2) is 46.1 Å². The van der Waals surface area contributed by atoms with Gasteiger partial charge in [-0.1, -0.05) is 252 Å². The molecule has 13 aromatic rings. The molecule has 16 rings (SSSR count). The first kappa shape index (κ1) is 92.6. The number of nitrogens with one attached hydrogen (secondary N) is 4. The maximum atomic E-state index is 12.3. The highest BCUT2D eigenvalue weighted by Crippen LogP contribution is 2.49. The van der Waals surface area contributed by atoms with E-state index in [-0.39, 0.29) is 23.0 Å². The lowest BCUT2D eigenvalue weighted by Crippen LogP contribution is -2.03. The maximum Gasteiger partial charge on any atom is 0.270 e. The van der Waals surface area contributed by atoms with Crippen molar-refractivity contribution in [3.8, 4) is 114 Å². The van der Waals surface area contributed by atoms with Gasteiger partial charge in [-0.25, -0.2) is 29.9 Å².